The maximum atomic E-state index is 11.2. The highest BCUT2D eigenvalue weighted by atomic mass is 16.5. The average Bonchev–Trinajstić information content (AvgIpc) is 3.35. The zero-order valence-electron chi connectivity index (χ0n) is 15.9. The summed E-state index contributed by atoms with van der Waals surface area (Å²) in [6, 6.07) is 18.5. The van der Waals surface area contributed by atoms with Crippen molar-refractivity contribution in [3.8, 4) is 0 Å². The number of nitrogens with zero attached hydrogens (tertiary/aromatic N) is 5. The summed E-state index contributed by atoms with van der Waals surface area (Å²) in [6.07, 6.45) is 2.64. The van der Waals surface area contributed by atoms with E-state index in [9.17, 15) is 4.79 Å². The maximum absolute atomic E-state index is 11.2. The first-order chi connectivity index (χ1) is 14.2. The zero-order chi connectivity index (χ0) is 20.1. The van der Waals surface area contributed by atoms with Gasteiger partial charge in [-0.3, -0.25) is 15.0 Å². The molecule has 0 saturated heterocycles. The van der Waals surface area contributed by atoms with E-state index in [0.29, 0.717) is 18.8 Å². The molecule has 0 atom stereocenters. The monoisotopic (exact) mass is 390 g/mol. The predicted octanol–water partition coefficient (Wildman–Crippen LogP) is 3.24. The predicted molar refractivity (Wildman–Crippen MR) is 108 cm³/mol. The van der Waals surface area contributed by atoms with Gasteiger partial charge >= 0.3 is 0 Å². The minimum absolute atomic E-state index is 0.0638. The highest BCUT2D eigenvalue weighted by molar-refractivity contribution is 5.76. The minimum Gasteiger partial charge on any atom is -0.326 e. The number of para-hydroxylation sites is 2. The number of amides is 1. The summed E-state index contributed by atoms with van der Waals surface area (Å²) >= 11 is 0. The number of benzene rings is 2. The van der Waals surface area contributed by atoms with Crippen LogP contribution in [-0.4, -0.2) is 32.2 Å². The lowest BCUT2D eigenvalue weighted by Gasteiger charge is -2.14. The summed E-state index contributed by atoms with van der Waals surface area (Å²) < 4.78 is 2.23. The summed E-state index contributed by atoms with van der Waals surface area (Å²) in [4.78, 5) is 16.0. The number of aryl methyl sites for hydroxylation is 2. The minimum atomic E-state index is -0.478. The van der Waals surface area contributed by atoms with E-state index in [1.807, 2.05) is 29.3 Å². The van der Waals surface area contributed by atoms with Gasteiger partial charge < -0.3 is 4.57 Å². The van der Waals surface area contributed by atoms with Crippen LogP contribution in [0.5, 0.6) is 0 Å². The van der Waals surface area contributed by atoms with Crippen LogP contribution in [0, 0.1) is 0 Å². The fourth-order valence-electron chi connectivity index (χ4n) is 3.36. The number of hydroxylamine groups is 1. The Balaban J connectivity index is 1.50. The van der Waals surface area contributed by atoms with Crippen molar-refractivity contribution in [1.82, 2.24) is 20.0 Å². The molecule has 0 bridgehead atoms. The molecule has 2 N–H and O–H groups in total. The maximum Gasteiger partial charge on any atom is 0.247 e. The van der Waals surface area contributed by atoms with Gasteiger partial charge in [0, 0.05) is 13.0 Å². The van der Waals surface area contributed by atoms with Crippen LogP contribution in [0.3, 0.4) is 0 Å². The third-order valence-electron chi connectivity index (χ3n) is 4.82. The second-order valence-corrected chi connectivity index (χ2v) is 6.85. The van der Waals surface area contributed by atoms with Crippen molar-refractivity contribution >= 4 is 16.9 Å². The number of fused-ring (bicyclic) bond motifs is 1. The molecule has 0 unspecified atom stereocenters. The van der Waals surface area contributed by atoms with Gasteiger partial charge in [-0.15, -0.1) is 5.11 Å². The lowest BCUT2D eigenvalue weighted by molar-refractivity contribution is -0.128. The SMILES string of the molecule is O=C(C/C=C1/CN(Cc2nc3ccccc3n2CCc2ccccc2)N=N1)NO. The number of carbonyl (C=O) groups is 1. The summed E-state index contributed by atoms with van der Waals surface area (Å²) in [5, 5.41) is 18.7. The molecule has 0 radical (unpaired) electrons. The number of rotatable bonds is 7. The quantitative estimate of drug-likeness (QED) is 0.478. The van der Waals surface area contributed by atoms with E-state index in [0.717, 1.165) is 29.8 Å². The molecule has 0 fully saturated rings. The normalized spacial score (nSPS) is 14.8. The number of nitrogens with one attached hydrogen (secondary N) is 1. The Bertz CT molecular complexity index is 1060. The largest absolute Gasteiger partial charge is 0.326 e. The molecule has 1 aliphatic rings. The van der Waals surface area contributed by atoms with Crippen molar-refractivity contribution in [3.63, 3.8) is 0 Å². The van der Waals surface area contributed by atoms with Crippen molar-refractivity contribution < 1.29 is 10.0 Å². The van der Waals surface area contributed by atoms with Gasteiger partial charge in [0.2, 0.25) is 5.91 Å². The highest BCUT2D eigenvalue weighted by Gasteiger charge is 2.18. The van der Waals surface area contributed by atoms with Crippen LogP contribution >= 0.6 is 0 Å². The summed E-state index contributed by atoms with van der Waals surface area (Å²) in [6.45, 7) is 1.85. The molecule has 0 spiro atoms. The van der Waals surface area contributed by atoms with Crippen LogP contribution in [0.15, 0.2) is 76.7 Å². The topological polar surface area (TPSA) is 95.1 Å². The molecule has 0 saturated carbocycles. The molecule has 1 amide bonds. The molecule has 8 nitrogen and oxygen atoms in total. The van der Waals surface area contributed by atoms with E-state index in [4.69, 9.17) is 10.2 Å². The molecule has 2 aromatic carbocycles. The van der Waals surface area contributed by atoms with Gasteiger partial charge in [-0.05, 0) is 30.2 Å². The average molecular weight is 390 g/mol. The number of carbonyl (C=O) groups excluding carboxylic acids is 1. The van der Waals surface area contributed by atoms with Crippen LogP contribution in [0.25, 0.3) is 11.0 Å². The van der Waals surface area contributed by atoms with Gasteiger partial charge in [0.1, 0.15) is 5.82 Å². The first kappa shape index (κ1) is 18.8. The van der Waals surface area contributed by atoms with Crippen molar-refractivity contribution in [2.45, 2.75) is 25.9 Å². The molecule has 1 aliphatic heterocycles. The van der Waals surface area contributed by atoms with E-state index in [1.54, 1.807) is 11.6 Å². The number of hydrogen-bond donors (Lipinski definition) is 2. The Kier molecular flexibility index (Phi) is 5.62. The lowest BCUT2D eigenvalue weighted by Crippen LogP contribution is -2.19. The van der Waals surface area contributed by atoms with Crippen LogP contribution < -0.4 is 5.48 Å². The van der Waals surface area contributed by atoms with Crippen LogP contribution in [0.1, 0.15) is 17.8 Å². The van der Waals surface area contributed by atoms with Crippen LogP contribution in [0.4, 0.5) is 0 Å². The first-order valence-corrected chi connectivity index (χ1v) is 9.49. The summed E-state index contributed by atoms with van der Waals surface area (Å²) in [5.41, 5.74) is 5.65. The fraction of sp³-hybridized carbons (Fsp3) is 0.238. The van der Waals surface area contributed by atoms with E-state index < -0.39 is 5.91 Å². The van der Waals surface area contributed by atoms with Crippen molar-refractivity contribution in [3.05, 3.63) is 77.8 Å². The van der Waals surface area contributed by atoms with Gasteiger partial charge in [-0.1, -0.05) is 47.7 Å². The molecular weight excluding hydrogens is 368 g/mol. The van der Waals surface area contributed by atoms with Gasteiger partial charge in [-0.25, -0.2) is 10.5 Å². The molecule has 8 heteroatoms. The van der Waals surface area contributed by atoms with Crippen molar-refractivity contribution in [1.29, 1.82) is 0 Å². The van der Waals surface area contributed by atoms with Crippen LogP contribution in [-0.2, 0) is 24.3 Å². The van der Waals surface area contributed by atoms with Gasteiger partial charge in [-0.2, -0.15) is 0 Å². The summed E-state index contributed by atoms with van der Waals surface area (Å²) in [5.74, 6) is 0.448. The van der Waals surface area contributed by atoms with Gasteiger partial charge in [0.15, 0.2) is 0 Å². The molecule has 3 aromatic rings. The fourth-order valence-corrected chi connectivity index (χ4v) is 3.36. The molecule has 1 aromatic heterocycles. The Hall–Kier alpha value is -3.52. The molecule has 2 heterocycles. The number of hydrogen-bond acceptors (Lipinski definition) is 6. The highest BCUT2D eigenvalue weighted by Crippen LogP contribution is 2.21. The summed E-state index contributed by atoms with van der Waals surface area (Å²) in [7, 11) is 0. The molecule has 148 valence electrons. The van der Waals surface area contributed by atoms with Crippen LogP contribution in [0.2, 0.25) is 0 Å². The number of aromatic nitrogens is 2. The van der Waals surface area contributed by atoms with E-state index in [2.05, 4.69) is 45.2 Å². The van der Waals surface area contributed by atoms with Gasteiger partial charge in [0.05, 0.1) is 29.8 Å². The standard InChI is InChI=1S/C21H22N6O2/c28-21(24-29)11-10-17-14-26(25-23-17)15-20-22-18-8-4-5-9-19(18)27(20)13-12-16-6-2-1-3-7-16/h1-10,29H,11-15H2,(H,24,28)/b17-10-. The van der Waals surface area contributed by atoms with Crippen molar-refractivity contribution in [2.75, 3.05) is 6.54 Å². The second-order valence-electron chi connectivity index (χ2n) is 6.85. The van der Waals surface area contributed by atoms with Crippen molar-refractivity contribution in [2.24, 2.45) is 10.3 Å². The molecular formula is C21H22N6O2. The van der Waals surface area contributed by atoms with Gasteiger partial charge in [0.25, 0.3) is 0 Å². The smallest absolute Gasteiger partial charge is 0.247 e. The van der Waals surface area contributed by atoms with E-state index in [1.165, 1.54) is 5.56 Å². The third kappa shape index (κ3) is 4.49. The van der Waals surface area contributed by atoms with E-state index >= 15 is 0 Å². The molecule has 0 aliphatic carbocycles. The Morgan fingerprint density at radius 3 is 2.76 bits per heavy atom. The third-order valence-corrected chi connectivity index (χ3v) is 4.82. The number of imidazole rings is 1. The van der Waals surface area contributed by atoms with E-state index in [-0.39, 0.29) is 6.42 Å². The molecule has 29 heavy (non-hydrogen) atoms. The Morgan fingerprint density at radius 2 is 1.93 bits per heavy atom. The zero-order valence-corrected chi connectivity index (χ0v) is 15.9. The molecule has 4 rings (SSSR count). The second kappa shape index (κ2) is 8.66. The Morgan fingerprint density at radius 1 is 1.14 bits per heavy atom. The lowest BCUT2D eigenvalue weighted by atomic mass is 10.1. The Labute approximate surface area is 168 Å². The first-order valence-electron chi connectivity index (χ1n) is 9.49.